The molecule has 7 nitrogen and oxygen atoms in total. The van der Waals surface area contributed by atoms with Crippen molar-refractivity contribution in [3.63, 3.8) is 0 Å². The molecule has 0 atom stereocenters. The number of piperazine rings is 1. The molecule has 0 aromatic heterocycles. The summed E-state index contributed by atoms with van der Waals surface area (Å²) in [6.45, 7) is 1.38. The number of alkyl halides is 3. The maximum Gasteiger partial charge on any atom is 0.407 e. The molecule has 2 aliphatic rings. The van der Waals surface area contributed by atoms with Crippen LogP contribution in [-0.2, 0) is 0 Å². The van der Waals surface area contributed by atoms with Gasteiger partial charge in [0.15, 0.2) is 0 Å². The van der Waals surface area contributed by atoms with Gasteiger partial charge in [-0.3, -0.25) is 4.90 Å². The Bertz CT molecular complexity index is 439. The Labute approximate surface area is 132 Å². The van der Waals surface area contributed by atoms with Crippen molar-refractivity contribution in [2.45, 2.75) is 12.6 Å². The molecule has 0 bridgehead atoms. The molecule has 0 unspecified atom stereocenters. The van der Waals surface area contributed by atoms with Crippen LogP contribution in [0.1, 0.15) is 6.42 Å². The fourth-order valence-electron chi connectivity index (χ4n) is 2.85. The molecular weight excluding hydrogens is 317 g/mol. The lowest BCUT2D eigenvalue weighted by Crippen LogP contribution is -2.54. The van der Waals surface area contributed by atoms with Crippen LogP contribution >= 0.6 is 0 Å². The summed E-state index contributed by atoms with van der Waals surface area (Å²) in [6.07, 6.45) is -4.66. The zero-order valence-electron chi connectivity index (χ0n) is 12.8. The number of carbonyl (C=O) groups excluding carboxylic acids is 1. The van der Waals surface area contributed by atoms with Crippen molar-refractivity contribution in [1.29, 1.82) is 0 Å². The van der Waals surface area contributed by atoms with Crippen molar-refractivity contribution in [2.75, 3.05) is 58.9 Å². The maximum atomic E-state index is 12.4. The average molecular weight is 338 g/mol. The molecule has 2 heterocycles. The Morgan fingerprint density at radius 2 is 1.30 bits per heavy atom. The number of carboxylic acid groups (broad SMARTS) is 1. The highest BCUT2D eigenvalue weighted by molar-refractivity contribution is 5.75. The van der Waals surface area contributed by atoms with Gasteiger partial charge in [-0.2, -0.15) is 13.2 Å². The summed E-state index contributed by atoms with van der Waals surface area (Å²) in [5, 5.41) is 8.97. The molecule has 10 heteroatoms. The normalized spacial score (nSPS) is 21.3. The maximum absolute atomic E-state index is 12.4. The lowest BCUT2D eigenvalue weighted by Gasteiger charge is -2.37. The molecule has 0 radical (unpaired) electrons. The van der Waals surface area contributed by atoms with Crippen molar-refractivity contribution in [3.8, 4) is 0 Å². The molecule has 0 saturated carbocycles. The molecule has 2 saturated heterocycles. The summed E-state index contributed by atoms with van der Waals surface area (Å²) in [4.78, 5) is 29.1. The van der Waals surface area contributed by atoms with Crippen molar-refractivity contribution in [2.24, 2.45) is 0 Å². The summed E-state index contributed by atoms with van der Waals surface area (Å²) >= 11 is 0. The molecule has 1 N–H and O–H groups in total. The molecule has 0 aliphatic carbocycles. The third-order valence-electron chi connectivity index (χ3n) is 4.08. The fourth-order valence-corrected chi connectivity index (χ4v) is 2.85. The summed E-state index contributed by atoms with van der Waals surface area (Å²) < 4.78 is 37.1. The first-order chi connectivity index (χ1) is 10.8. The van der Waals surface area contributed by atoms with Crippen molar-refractivity contribution in [3.05, 3.63) is 0 Å². The number of rotatable bonds is 1. The van der Waals surface area contributed by atoms with Gasteiger partial charge in [-0.25, -0.2) is 9.59 Å². The smallest absolute Gasteiger partial charge is 0.407 e. The first kappa shape index (κ1) is 17.6. The predicted molar refractivity (Wildman–Crippen MR) is 75.3 cm³/mol. The highest BCUT2D eigenvalue weighted by Gasteiger charge is 2.34. The highest BCUT2D eigenvalue weighted by atomic mass is 19.4. The van der Waals surface area contributed by atoms with Crippen LogP contribution in [0.2, 0.25) is 0 Å². The van der Waals surface area contributed by atoms with Crippen LogP contribution in [0.5, 0.6) is 0 Å². The van der Waals surface area contributed by atoms with Crippen molar-refractivity contribution >= 4 is 12.1 Å². The first-order valence-electron chi connectivity index (χ1n) is 7.57. The monoisotopic (exact) mass is 338 g/mol. The SMILES string of the molecule is O=C(O)N1CCCN(C(=O)N2CCN(CC(F)(F)F)CC2)CC1. The Hall–Kier alpha value is -1.71. The van der Waals surface area contributed by atoms with E-state index >= 15 is 0 Å². The molecule has 0 aromatic rings. The van der Waals surface area contributed by atoms with Gasteiger partial charge in [0, 0.05) is 52.4 Å². The fraction of sp³-hybridized carbons (Fsp3) is 0.846. The molecule has 0 spiro atoms. The van der Waals surface area contributed by atoms with Gasteiger partial charge in [0.1, 0.15) is 0 Å². The van der Waals surface area contributed by atoms with E-state index in [4.69, 9.17) is 5.11 Å². The topological polar surface area (TPSA) is 67.3 Å². The minimum Gasteiger partial charge on any atom is -0.465 e. The zero-order chi connectivity index (χ0) is 17.0. The minimum absolute atomic E-state index is 0.195. The number of hydrogen-bond donors (Lipinski definition) is 1. The predicted octanol–water partition coefficient (Wildman–Crippen LogP) is 0.972. The van der Waals surface area contributed by atoms with E-state index in [2.05, 4.69) is 0 Å². The second-order valence-corrected chi connectivity index (χ2v) is 5.77. The van der Waals surface area contributed by atoms with Crippen LogP contribution in [0.3, 0.4) is 0 Å². The van der Waals surface area contributed by atoms with E-state index in [9.17, 15) is 22.8 Å². The number of nitrogens with zero attached hydrogens (tertiary/aromatic N) is 4. The molecule has 0 aromatic carbocycles. The second-order valence-electron chi connectivity index (χ2n) is 5.77. The number of amides is 3. The van der Waals surface area contributed by atoms with E-state index in [1.807, 2.05) is 0 Å². The average Bonchev–Trinajstić information content (AvgIpc) is 2.71. The number of carbonyl (C=O) groups is 2. The van der Waals surface area contributed by atoms with E-state index in [-0.39, 0.29) is 38.8 Å². The quantitative estimate of drug-likeness (QED) is 0.774. The summed E-state index contributed by atoms with van der Waals surface area (Å²) in [5.74, 6) is 0. The third kappa shape index (κ3) is 5.15. The molecule has 2 rings (SSSR count). The van der Waals surface area contributed by atoms with Crippen LogP contribution in [0.4, 0.5) is 22.8 Å². The van der Waals surface area contributed by atoms with Crippen LogP contribution in [0.25, 0.3) is 0 Å². The lowest BCUT2D eigenvalue weighted by atomic mass is 10.3. The van der Waals surface area contributed by atoms with Crippen molar-refractivity contribution < 1.29 is 27.9 Å². The van der Waals surface area contributed by atoms with Crippen LogP contribution in [0.15, 0.2) is 0 Å². The Balaban J connectivity index is 1.81. The molecule has 2 fully saturated rings. The molecular formula is C13H21F3N4O3. The number of hydrogen-bond acceptors (Lipinski definition) is 3. The highest BCUT2D eigenvalue weighted by Crippen LogP contribution is 2.18. The first-order valence-corrected chi connectivity index (χ1v) is 7.57. The molecule has 23 heavy (non-hydrogen) atoms. The van der Waals surface area contributed by atoms with Crippen LogP contribution in [0, 0.1) is 0 Å². The third-order valence-corrected chi connectivity index (χ3v) is 4.08. The summed E-state index contributed by atoms with van der Waals surface area (Å²) in [7, 11) is 0. The van der Waals surface area contributed by atoms with E-state index < -0.39 is 18.8 Å². The van der Waals surface area contributed by atoms with Crippen LogP contribution in [-0.4, -0.2) is 102 Å². The van der Waals surface area contributed by atoms with Crippen LogP contribution < -0.4 is 0 Å². The van der Waals surface area contributed by atoms with Gasteiger partial charge < -0.3 is 19.8 Å². The summed E-state index contributed by atoms with van der Waals surface area (Å²) in [5.41, 5.74) is 0. The van der Waals surface area contributed by atoms with Crippen molar-refractivity contribution in [1.82, 2.24) is 19.6 Å². The van der Waals surface area contributed by atoms with Gasteiger partial charge in [-0.05, 0) is 6.42 Å². The van der Waals surface area contributed by atoms with Gasteiger partial charge in [-0.1, -0.05) is 0 Å². The van der Waals surface area contributed by atoms with Gasteiger partial charge in [0.05, 0.1) is 6.54 Å². The minimum atomic E-state index is -4.22. The van der Waals surface area contributed by atoms with Gasteiger partial charge in [0.25, 0.3) is 0 Å². The lowest BCUT2D eigenvalue weighted by molar-refractivity contribution is -0.148. The van der Waals surface area contributed by atoms with E-state index in [1.165, 1.54) is 9.80 Å². The zero-order valence-corrected chi connectivity index (χ0v) is 12.8. The molecule has 2 aliphatic heterocycles. The Morgan fingerprint density at radius 3 is 1.87 bits per heavy atom. The van der Waals surface area contributed by atoms with E-state index in [1.54, 1.807) is 9.80 Å². The summed E-state index contributed by atoms with van der Waals surface area (Å²) in [6, 6.07) is -0.219. The van der Waals surface area contributed by atoms with E-state index in [0.717, 1.165) is 0 Å². The van der Waals surface area contributed by atoms with Gasteiger partial charge in [0.2, 0.25) is 0 Å². The van der Waals surface area contributed by atoms with E-state index in [0.29, 0.717) is 26.1 Å². The van der Waals surface area contributed by atoms with Gasteiger partial charge in [-0.15, -0.1) is 0 Å². The number of halogens is 3. The molecule has 3 amide bonds. The van der Waals surface area contributed by atoms with Gasteiger partial charge >= 0.3 is 18.3 Å². The number of urea groups is 1. The Morgan fingerprint density at radius 1 is 0.826 bits per heavy atom. The molecule has 132 valence electrons. The largest absolute Gasteiger partial charge is 0.465 e. The standard InChI is InChI=1S/C13H21F3N4O3/c14-13(15,16)10-17-4-6-19(7-5-17)11(21)18-2-1-3-20(9-8-18)12(22)23/h1-10H2,(H,22,23). The second kappa shape index (κ2) is 7.24. The Kier molecular flexibility index (Phi) is 5.55.